The third kappa shape index (κ3) is 6.25. The SMILES string of the molecule is O=C(O)CCCn1cc(-c2cc(C(=O)NCc3nc(Cl)cs3)cc(C(F)(F)F)c2)nn1. The Hall–Kier alpha value is -2.99. The molecule has 0 unspecified atom stereocenters. The maximum atomic E-state index is 13.4. The highest BCUT2D eigenvalue weighted by molar-refractivity contribution is 7.10. The van der Waals surface area contributed by atoms with Crippen molar-refractivity contribution in [1.29, 1.82) is 0 Å². The van der Waals surface area contributed by atoms with Crippen LogP contribution in [0.15, 0.2) is 29.8 Å². The highest BCUT2D eigenvalue weighted by Gasteiger charge is 2.32. The maximum absolute atomic E-state index is 13.4. The molecule has 0 radical (unpaired) electrons. The number of halogens is 4. The van der Waals surface area contributed by atoms with Crippen LogP contribution in [0.25, 0.3) is 11.3 Å². The number of rotatable bonds is 8. The molecule has 0 fully saturated rings. The number of aliphatic carboxylic acids is 1. The monoisotopic (exact) mass is 473 g/mol. The number of aryl methyl sites for hydroxylation is 1. The highest BCUT2D eigenvalue weighted by atomic mass is 35.5. The van der Waals surface area contributed by atoms with Crippen LogP contribution in [0.1, 0.15) is 33.8 Å². The van der Waals surface area contributed by atoms with E-state index >= 15 is 0 Å². The normalized spacial score (nSPS) is 11.5. The molecule has 2 N–H and O–H groups in total. The van der Waals surface area contributed by atoms with Gasteiger partial charge in [-0.1, -0.05) is 16.8 Å². The smallest absolute Gasteiger partial charge is 0.416 e. The van der Waals surface area contributed by atoms with Crippen LogP contribution in [0.5, 0.6) is 0 Å². The number of benzene rings is 1. The second-order valence-corrected chi connectivity index (χ2v) is 7.74. The number of nitrogens with zero attached hydrogens (tertiary/aromatic N) is 4. The highest BCUT2D eigenvalue weighted by Crippen LogP contribution is 2.33. The Morgan fingerprint density at radius 2 is 2.03 bits per heavy atom. The lowest BCUT2D eigenvalue weighted by Gasteiger charge is -2.11. The molecule has 31 heavy (non-hydrogen) atoms. The predicted octanol–water partition coefficient (Wildman–Crippen LogP) is 3.87. The fraction of sp³-hybridized carbons (Fsp3) is 0.278. The lowest BCUT2D eigenvalue weighted by atomic mass is 10.0. The van der Waals surface area contributed by atoms with Crippen molar-refractivity contribution in [3.05, 3.63) is 51.1 Å². The summed E-state index contributed by atoms with van der Waals surface area (Å²) in [6.07, 6.45) is -3.07. The van der Waals surface area contributed by atoms with E-state index in [0.717, 1.165) is 12.1 Å². The molecule has 13 heteroatoms. The fourth-order valence-electron chi connectivity index (χ4n) is 2.63. The van der Waals surface area contributed by atoms with E-state index in [1.165, 1.54) is 28.3 Å². The summed E-state index contributed by atoms with van der Waals surface area (Å²) >= 11 is 6.93. The maximum Gasteiger partial charge on any atom is 0.416 e. The molecule has 2 heterocycles. The molecule has 1 aromatic carbocycles. The molecule has 0 saturated carbocycles. The van der Waals surface area contributed by atoms with E-state index in [-0.39, 0.29) is 47.9 Å². The zero-order valence-electron chi connectivity index (χ0n) is 15.7. The van der Waals surface area contributed by atoms with Crippen molar-refractivity contribution in [3.63, 3.8) is 0 Å². The molecule has 3 rings (SSSR count). The number of carbonyl (C=O) groups excluding carboxylic acids is 1. The average molecular weight is 474 g/mol. The zero-order valence-corrected chi connectivity index (χ0v) is 17.3. The topological polar surface area (TPSA) is 110 Å². The largest absolute Gasteiger partial charge is 0.481 e. The molecule has 164 valence electrons. The van der Waals surface area contributed by atoms with E-state index in [1.807, 2.05) is 0 Å². The fourth-order valence-corrected chi connectivity index (χ4v) is 3.51. The minimum Gasteiger partial charge on any atom is -0.481 e. The predicted molar refractivity (Wildman–Crippen MR) is 106 cm³/mol. The number of amides is 1. The zero-order chi connectivity index (χ0) is 22.6. The summed E-state index contributed by atoms with van der Waals surface area (Å²) in [5.74, 6) is -1.68. The molecule has 0 aliphatic carbocycles. The van der Waals surface area contributed by atoms with Crippen LogP contribution in [0.3, 0.4) is 0 Å². The summed E-state index contributed by atoms with van der Waals surface area (Å²) in [5, 5.41) is 21.2. The molecule has 3 aromatic rings. The molecule has 0 spiro atoms. The van der Waals surface area contributed by atoms with Crippen LogP contribution < -0.4 is 5.32 Å². The van der Waals surface area contributed by atoms with E-state index in [9.17, 15) is 22.8 Å². The Labute approximate surface area is 182 Å². The van der Waals surface area contributed by atoms with Crippen molar-refractivity contribution in [2.75, 3.05) is 0 Å². The first-order valence-electron chi connectivity index (χ1n) is 8.84. The van der Waals surface area contributed by atoms with Gasteiger partial charge < -0.3 is 10.4 Å². The number of thiazole rings is 1. The average Bonchev–Trinajstić information content (AvgIpc) is 3.34. The lowest BCUT2D eigenvalue weighted by Crippen LogP contribution is -2.23. The Kier molecular flexibility index (Phi) is 6.91. The Morgan fingerprint density at radius 3 is 2.68 bits per heavy atom. The van der Waals surface area contributed by atoms with Gasteiger partial charge in [0.15, 0.2) is 0 Å². The van der Waals surface area contributed by atoms with Crippen LogP contribution in [0.2, 0.25) is 5.15 Å². The molecule has 0 bridgehead atoms. The van der Waals surface area contributed by atoms with Gasteiger partial charge in [0.05, 0.1) is 18.3 Å². The lowest BCUT2D eigenvalue weighted by molar-refractivity contribution is -0.138. The van der Waals surface area contributed by atoms with E-state index < -0.39 is 23.6 Å². The minimum absolute atomic E-state index is 0.0154. The van der Waals surface area contributed by atoms with Crippen molar-refractivity contribution < 1.29 is 27.9 Å². The summed E-state index contributed by atoms with van der Waals surface area (Å²) in [4.78, 5) is 27.0. The van der Waals surface area contributed by atoms with Gasteiger partial charge in [0.25, 0.3) is 5.91 Å². The summed E-state index contributed by atoms with van der Waals surface area (Å²) in [6.45, 7) is 0.254. The summed E-state index contributed by atoms with van der Waals surface area (Å²) in [5.41, 5.74) is -1.02. The summed E-state index contributed by atoms with van der Waals surface area (Å²) in [6, 6.07) is 2.92. The minimum atomic E-state index is -4.68. The quantitative estimate of drug-likeness (QED) is 0.514. The molecule has 0 saturated heterocycles. The molecule has 8 nitrogen and oxygen atoms in total. The van der Waals surface area contributed by atoms with Crippen molar-refractivity contribution in [2.24, 2.45) is 0 Å². The number of alkyl halides is 3. The van der Waals surface area contributed by atoms with Gasteiger partial charge in [-0.3, -0.25) is 14.3 Å². The van der Waals surface area contributed by atoms with Crippen molar-refractivity contribution in [3.8, 4) is 11.3 Å². The van der Waals surface area contributed by atoms with Crippen molar-refractivity contribution >= 4 is 34.8 Å². The first-order valence-corrected chi connectivity index (χ1v) is 10.1. The molecule has 0 aliphatic heterocycles. The third-order valence-electron chi connectivity index (χ3n) is 4.06. The van der Waals surface area contributed by atoms with E-state index in [0.29, 0.717) is 5.01 Å². The van der Waals surface area contributed by atoms with Gasteiger partial charge in [-0.15, -0.1) is 16.4 Å². The third-order valence-corrected chi connectivity index (χ3v) is 5.23. The van der Waals surface area contributed by atoms with Crippen LogP contribution in [-0.4, -0.2) is 37.0 Å². The Bertz CT molecular complexity index is 1100. The first-order chi connectivity index (χ1) is 14.6. The van der Waals surface area contributed by atoms with Gasteiger partial charge in [-0.05, 0) is 24.6 Å². The van der Waals surface area contributed by atoms with Gasteiger partial charge in [-0.25, -0.2) is 4.98 Å². The second kappa shape index (κ2) is 9.43. The molecule has 1 amide bonds. The van der Waals surface area contributed by atoms with Crippen LogP contribution in [-0.2, 0) is 24.1 Å². The van der Waals surface area contributed by atoms with Crippen molar-refractivity contribution in [2.45, 2.75) is 32.1 Å². The van der Waals surface area contributed by atoms with E-state index in [4.69, 9.17) is 16.7 Å². The van der Waals surface area contributed by atoms with Crippen LogP contribution in [0.4, 0.5) is 13.2 Å². The first kappa shape index (κ1) is 22.7. The van der Waals surface area contributed by atoms with Gasteiger partial charge in [0.2, 0.25) is 0 Å². The number of hydrogen-bond donors (Lipinski definition) is 2. The van der Waals surface area contributed by atoms with Gasteiger partial charge in [0, 0.05) is 29.5 Å². The molecule has 0 aliphatic rings. The standard InChI is InChI=1S/C18H15ClF3N5O3S/c19-14-9-31-15(24-14)7-23-17(30)11-4-10(5-12(6-11)18(20,21)22)13-8-27(26-25-13)3-1-2-16(28)29/h4-6,8-9H,1-3,7H2,(H,23,30)(H,28,29). The Balaban J connectivity index is 1.82. The van der Waals surface area contributed by atoms with E-state index in [1.54, 1.807) is 5.38 Å². The van der Waals surface area contributed by atoms with Crippen molar-refractivity contribution in [1.82, 2.24) is 25.3 Å². The number of hydrogen-bond acceptors (Lipinski definition) is 6. The number of carboxylic acids is 1. The number of carboxylic acid groups (broad SMARTS) is 1. The second-order valence-electron chi connectivity index (χ2n) is 6.41. The van der Waals surface area contributed by atoms with Crippen LogP contribution in [0, 0.1) is 0 Å². The van der Waals surface area contributed by atoms with E-state index in [2.05, 4.69) is 20.6 Å². The van der Waals surface area contributed by atoms with Crippen LogP contribution >= 0.6 is 22.9 Å². The molecule has 2 aromatic heterocycles. The van der Waals surface area contributed by atoms with Gasteiger partial charge >= 0.3 is 12.1 Å². The van der Waals surface area contributed by atoms with Gasteiger partial charge in [0.1, 0.15) is 15.9 Å². The number of nitrogens with one attached hydrogen (secondary N) is 1. The number of carbonyl (C=O) groups is 2. The summed E-state index contributed by atoms with van der Waals surface area (Å²) in [7, 11) is 0. The number of aromatic nitrogens is 4. The van der Waals surface area contributed by atoms with Gasteiger partial charge in [-0.2, -0.15) is 13.2 Å². The summed E-state index contributed by atoms with van der Waals surface area (Å²) < 4.78 is 41.5. The molecular formula is C18H15ClF3N5O3S. The molecular weight excluding hydrogens is 459 g/mol. The Morgan fingerprint density at radius 1 is 1.26 bits per heavy atom. The molecule has 0 atom stereocenters.